The van der Waals surface area contributed by atoms with Gasteiger partial charge in [-0.15, -0.1) is 0 Å². The highest BCUT2D eigenvalue weighted by Gasteiger charge is 2.38. The van der Waals surface area contributed by atoms with Crippen molar-refractivity contribution in [1.29, 1.82) is 0 Å². The van der Waals surface area contributed by atoms with Crippen LogP contribution >= 0.6 is 0 Å². The Bertz CT molecular complexity index is 552. The van der Waals surface area contributed by atoms with E-state index in [0.717, 1.165) is 0 Å². The summed E-state index contributed by atoms with van der Waals surface area (Å²) in [5, 5.41) is 33.3. The number of alkyl halides is 3. The maximum absolute atomic E-state index is 12.7. The molecule has 122 valence electrons. The minimum absolute atomic E-state index is 0.222. The van der Waals surface area contributed by atoms with Crippen molar-refractivity contribution in [3.05, 3.63) is 37.9 Å². The summed E-state index contributed by atoms with van der Waals surface area (Å²) in [5.74, 6) is 0. The summed E-state index contributed by atoms with van der Waals surface area (Å²) in [6.45, 7) is 1.10. The molecule has 0 saturated carbocycles. The fourth-order valence-electron chi connectivity index (χ4n) is 1.69. The zero-order valence-corrected chi connectivity index (χ0v) is 11.3. The van der Waals surface area contributed by atoms with Gasteiger partial charge in [-0.2, -0.15) is 13.2 Å². The van der Waals surface area contributed by atoms with Crippen molar-refractivity contribution in [3.63, 3.8) is 0 Å². The van der Waals surface area contributed by atoms with Gasteiger partial charge in [-0.05, 0) is 6.42 Å². The van der Waals surface area contributed by atoms with Crippen molar-refractivity contribution in [3.8, 4) is 0 Å². The Morgan fingerprint density at radius 2 is 1.68 bits per heavy atom. The molecule has 0 aromatic heterocycles. The van der Waals surface area contributed by atoms with Gasteiger partial charge in [0.05, 0.1) is 22.0 Å². The molecule has 1 aromatic carbocycles. The van der Waals surface area contributed by atoms with Crippen LogP contribution in [0, 0.1) is 20.2 Å². The van der Waals surface area contributed by atoms with Crippen molar-refractivity contribution in [2.24, 2.45) is 0 Å². The van der Waals surface area contributed by atoms with Crippen LogP contribution in [0.25, 0.3) is 0 Å². The van der Waals surface area contributed by atoms with E-state index in [1.54, 1.807) is 6.92 Å². The first-order valence-electron chi connectivity index (χ1n) is 6.03. The van der Waals surface area contributed by atoms with Crippen LogP contribution in [0.15, 0.2) is 12.1 Å². The summed E-state index contributed by atoms with van der Waals surface area (Å²) in [7, 11) is 0. The fourth-order valence-corrected chi connectivity index (χ4v) is 1.69. The summed E-state index contributed by atoms with van der Waals surface area (Å²) in [6, 6.07) is -0.326. The molecule has 0 spiro atoms. The van der Waals surface area contributed by atoms with E-state index < -0.39 is 51.3 Å². The normalized spacial score (nSPS) is 12.8. The molecule has 0 amide bonds. The van der Waals surface area contributed by atoms with Crippen LogP contribution in [0.1, 0.15) is 18.9 Å². The number of hydrogen-bond donors (Lipinski definition) is 2. The van der Waals surface area contributed by atoms with E-state index in [9.17, 15) is 33.4 Å². The molecule has 0 fully saturated rings. The van der Waals surface area contributed by atoms with E-state index in [2.05, 4.69) is 5.32 Å². The van der Waals surface area contributed by atoms with Gasteiger partial charge < -0.3 is 10.4 Å². The lowest BCUT2D eigenvalue weighted by Gasteiger charge is -2.16. The smallest absolute Gasteiger partial charge is 0.394 e. The molecule has 0 heterocycles. The monoisotopic (exact) mass is 323 g/mol. The van der Waals surface area contributed by atoms with Gasteiger partial charge in [-0.3, -0.25) is 20.2 Å². The molecule has 0 aliphatic carbocycles. The maximum atomic E-state index is 12.7. The van der Waals surface area contributed by atoms with Gasteiger partial charge in [-0.25, -0.2) is 0 Å². The second kappa shape index (κ2) is 6.56. The molecule has 0 bridgehead atoms. The molecule has 0 aliphatic heterocycles. The highest BCUT2D eigenvalue weighted by atomic mass is 19.4. The number of aliphatic hydroxyl groups is 1. The molecular formula is C11H12F3N3O5. The largest absolute Gasteiger partial charge is 0.416 e. The van der Waals surface area contributed by atoms with E-state index in [1.807, 2.05) is 0 Å². The molecule has 0 saturated heterocycles. The van der Waals surface area contributed by atoms with Crippen molar-refractivity contribution >= 4 is 17.1 Å². The Morgan fingerprint density at radius 1 is 1.23 bits per heavy atom. The van der Waals surface area contributed by atoms with Gasteiger partial charge in [0, 0.05) is 18.2 Å². The average molecular weight is 323 g/mol. The molecule has 1 unspecified atom stereocenters. The highest BCUT2D eigenvalue weighted by Crippen LogP contribution is 2.41. The predicted molar refractivity (Wildman–Crippen MR) is 69.5 cm³/mol. The standard InChI is InChI=1S/C11H12F3N3O5/c1-2-7(5-18)15-10-8(16(19)20)3-6(11(12,13)14)4-9(10)17(21)22/h3-4,7,15,18H,2,5H2,1H3. The predicted octanol–water partition coefficient (Wildman–Crippen LogP) is 2.70. The number of hydrogen-bond acceptors (Lipinski definition) is 6. The van der Waals surface area contributed by atoms with Gasteiger partial charge in [0.25, 0.3) is 11.4 Å². The first kappa shape index (κ1) is 17.6. The van der Waals surface area contributed by atoms with Crippen LogP contribution in [-0.4, -0.2) is 27.6 Å². The first-order chi connectivity index (χ1) is 10.1. The minimum Gasteiger partial charge on any atom is -0.394 e. The number of aliphatic hydroxyl groups excluding tert-OH is 1. The third-order valence-electron chi connectivity index (χ3n) is 2.88. The van der Waals surface area contributed by atoms with Crippen LogP contribution in [0.2, 0.25) is 0 Å². The fraction of sp³-hybridized carbons (Fsp3) is 0.455. The maximum Gasteiger partial charge on any atom is 0.416 e. The van der Waals surface area contributed by atoms with Crippen LogP contribution in [0.3, 0.4) is 0 Å². The topological polar surface area (TPSA) is 119 Å². The molecule has 1 atom stereocenters. The van der Waals surface area contributed by atoms with Crippen molar-refractivity contribution in [2.75, 3.05) is 11.9 Å². The van der Waals surface area contributed by atoms with Crippen molar-refractivity contribution < 1.29 is 28.1 Å². The highest BCUT2D eigenvalue weighted by molar-refractivity contribution is 5.75. The first-order valence-corrected chi connectivity index (χ1v) is 6.03. The van der Waals surface area contributed by atoms with Crippen LogP contribution in [0.5, 0.6) is 0 Å². The second-order valence-electron chi connectivity index (χ2n) is 4.33. The number of benzene rings is 1. The number of nitro groups is 2. The Labute approximate surface area is 121 Å². The second-order valence-corrected chi connectivity index (χ2v) is 4.33. The van der Waals surface area contributed by atoms with Gasteiger partial charge in [0.1, 0.15) is 0 Å². The Morgan fingerprint density at radius 3 is 1.95 bits per heavy atom. The summed E-state index contributed by atoms with van der Waals surface area (Å²) in [4.78, 5) is 19.6. The van der Waals surface area contributed by atoms with Gasteiger partial charge in [-0.1, -0.05) is 6.92 Å². The molecule has 1 rings (SSSR count). The zero-order chi connectivity index (χ0) is 17.1. The van der Waals surface area contributed by atoms with E-state index >= 15 is 0 Å². The van der Waals surface area contributed by atoms with E-state index in [4.69, 9.17) is 5.11 Å². The number of rotatable bonds is 6. The zero-order valence-electron chi connectivity index (χ0n) is 11.3. The molecule has 0 aliphatic rings. The third-order valence-corrected chi connectivity index (χ3v) is 2.88. The lowest BCUT2D eigenvalue weighted by atomic mass is 10.1. The Kier molecular flexibility index (Phi) is 5.25. The van der Waals surface area contributed by atoms with Gasteiger partial charge in [0.2, 0.25) is 0 Å². The summed E-state index contributed by atoms with van der Waals surface area (Å²) < 4.78 is 38.1. The van der Waals surface area contributed by atoms with Crippen molar-refractivity contribution in [2.45, 2.75) is 25.6 Å². The number of anilines is 1. The molecule has 22 heavy (non-hydrogen) atoms. The molecule has 2 N–H and O–H groups in total. The van der Waals surface area contributed by atoms with E-state index in [-0.39, 0.29) is 18.6 Å². The SMILES string of the molecule is CCC(CO)Nc1c([N+](=O)[O-])cc(C(F)(F)F)cc1[N+](=O)[O-]. The lowest BCUT2D eigenvalue weighted by molar-refractivity contribution is -0.392. The molecule has 0 radical (unpaired) electrons. The number of nitro benzene ring substituents is 2. The Hall–Kier alpha value is -2.43. The van der Waals surface area contributed by atoms with Crippen LogP contribution < -0.4 is 5.32 Å². The van der Waals surface area contributed by atoms with E-state index in [0.29, 0.717) is 0 Å². The van der Waals surface area contributed by atoms with E-state index in [1.165, 1.54) is 0 Å². The molecular weight excluding hydrogens is 311 g/mol. The summed E-state index contributed by atoms with van der Waals surface area (Å²) >= 11 is 0. The van der Waals surface area contributed by atoms with Crippen LogP contribution in [0.4, 0.5) is 30.2 Å². The molecule has 11 heteroatoms. The number of nitrogens with one attached hydrogen (secondary N) is 1. The quantitative estimate of drug-likeness (QED) is 0.613. The minimum atomic E-state index is -4.96. The summed E-state index contributed by atoms with van der Waals surface area (Å²) in [5.41, 5.74) is -4.31. The third kappa shape index (κ3) is 3.81. The number of halogens is 3. The summed E-state index contributed by atoms with van der Waals surface area (Å²) in [6.07, 6.45) is -4.71. The van der Waals surface area contributed by atoms with Crippen molar-refractivity contribution in [1.82, 2.24) is 0 Å². The molecule has 1 aromatic rings. The molecule has 8 nitrogen and oxygen atoms in total. The Balaban J connectivity index is 3.57. The van der Waals surface area contributed by atoms with Crippen LogP contribution in [-0.2, 0) is 6.18 Å². The van der Waals surface area contributed by atoms with Gasteiger partial charge in [0.15, 0.2) is 5.69 Å². The number of nitrogens with zero attached hydrogens (tertiary/aromatic N) is 2. The average Bonchev–Trinajstić information content (AvgIpc) is 2.42. The van der Waals surface area contributed by atoms with Gasteiger partial charge >= 0.3 is 6.18 Å². The lowest BCUT2D eigenvalue weighted by Crippen LogP contribution is -2.24.